The van der Waals surface area contributed by atoms with E-state index in [-0.39, 0.29) is 11.8 Å². The predicted octanol–water partition coefficient (Wildman–Crippen LogP) is 2.46. The predicted molar refractivity (Wildman–Crippen MR) is 101 cm³/mol. The largest absolute Gasteiger partial charge is 0.493 e. The van der Waals surface area contributed by atoms with E-state index in [0.717, 1.165) is 37.9 Å². The lowest BCUT2D eigenvalue weighted by Gasteiger charge is -2.62. The zero-order valence-corrected chi connectivity index (χ0v) is 16.5. The van der Waals surface area contributed by atoms with Crippen molar-refractivity contribution in [3.05, 3.63) is 23.3 Å². The van der Waals surface area contributed by atoms with Gasteiger partial charge in [0.25, 0.3) is 0 Å². The number of Topliss-reactive ketones (excluding diaryl/α,β-unsaturated/α-hetero) is 1. The number of ketones is 1. The number of carbonyl (C=O) groups excluding carboxylic acids is 1. The van der Waals surface area contributed by atoms with Gasteiger partial charge in [0.1, 0.15) is 0 Å². The Morgan fingerprint density at radius 2 is 2.22 bits per heavy atom. The number of benzene rings is 1. The molecule has 0 aromatic heterocycles. The molecule has 1 aromatic rings. The van der Waals surface area contributed by atoms with Crippen molar-refractivity contribution in [2.24, 2.45) is 5.92 Å². The highest BCUT2D eigenvalue weighted by Gasteiger charge is 2.73. The van der Waals surface area contributed by atoms with Crippen LogP contribution in [-0.4, -0.2) is 53.7 Å². The van der Waals surface area contributed by atoms with Gasteiger partial charge < -0.3 is 14.6 Å². The maximum absolute atomic E-state index is 12.9. The van der Waals surface area contributed by atoms with Gasteiger partial charge >= 0.3 is 0 Å². The van der Waals surface area contributed by atoms with Crippen LogP contribution in [0.3, 0.4) is 0 Å². The Balaban J connectivity index is 1.69. The molecule has 1 saturated carbocycles. The maximum atomic E-state index is 12.9. The number of piperidine rings is 1. The number of aliphatic hydroxyl groups is 1. The van der Waals surface area contributed by atoms with Crippen LogP contribution in [-0.2, 0) is 16.6 Å². The van der Waals surface area contributed by atoms with Crippen LogP contribution < -0.4 is 9.47 Å². The van der Waals surface area contributed by atoms with Crippen molar-refractivity contribution >= 4 is 5.78 Å². The van der Waals surface area contributed by atoms with E-state index >= 15 is 0 Å². The number of likely N-dealkylation sites (tertiary alicyclic amines) is 1. The Morgan fingerprint density at radius 3 is 2.96 bits per heavy atom. The lowest BCUT2D eigenvalue weighted by atomic mass is 9.49. The third kappa shape index (κ3) is 1.99. The fourth-order valence-electron chi connectivity index (χ4n) is 6.31. The van der Waals surface area contributed by atoms with Crippen LogP contribution in [0, 0.1) is 5.92 Å². The third-order valence-electron chi connectivity index (χ3n) is 7.82. The van der Waals surface area contributed by atoms with Gasteiger partial charge in [0.05, 0.1) is 18.1 Å². The number of rotatable bonds is 4. The van der Waals surface area contributed by atoms with E-state index in [1.54, 1.807) is 7.11 Å². The molecule has 1 spiro atoms. The molecular formula is C22H29NO4. The van der Waals surface area contributed by atoms with Crippen molar-refractivity contribution in [3.63, 3.8) is 0 Å². The minimum Gasteiger partial charge on any atom is -0.493 e. The van der Waals surface area contributed by atoms with Gasteiger partial charge in [-0.05, 0) is 43.4 Å². The molecule has 2 bridgehead atoms. The summed E-state index contributed by atoms with van der Waals surface area (Å²) >= 11 is 0. The van der Waals surface area contributed by atoms with Crippen LogP contribution in [0.15, 0.2) is 12.1 Å². The second-order valence-corrected chi connectivity index (χ2v) is 8.97. The molecule has 2 aliphatic heterocycles. The summed E-state index contributed by atoms with van der Waals surface area (Å²) in [4.78, 5) is 15.4. The molecule has 2 fully saturated rings. The average Bonchev–Trinajstić information content (AvgIpc) is 3.02. The lowest BCUT2D eigenvalue weighted by Crippen LogP contribution is -2.76. The van der Waals surface area contributed by atoms with Crippen LogP contribution >= 0.6 is 0 Å². The van der Waals surface area contributed by atoms with Gasteiger partial charge in [-0.25, -0.2) is 0 Å². The summed E-state index contributed by atoms with van der Waals surface area (Å²) in [7, 11) is 1.63. The zero-order valence-electron chi connectivity index (χ0n) is 16.5. The standard InChI is InChI=1S/C22H29NO4/c1-4-13(2)12-23-10-9-21-18-14-5-6-16(26-3)19(18)27-20(21)15(24)7-8-22(21,25)17(23)11-14/h5-6,13,17,20,25H,4,7-12H2,1-3H3/t13?,17-,20+,21+,22-/m1/s1. The van der Waals surface area contributed by atoms with Gasteiger partial charge in [0, 0.05) is 24.6 Å². The summed E-state index contributed by atoms with van der Waals surface area (Å²) < 4.78 is 11.8. The third-order valence-corrected chi connectivity index (χ3v) is 7.82. The molecule has 2 aliphatic carbocycles. The number of methoxy groups -OCH3 is 1. The first-order valence-electron chi connectivity index (χ1n) is 10.3. The van der Waals surface area contributed by atoms with Crippen molar-refractivity contribution in [1.82, 2.24) is 4.90 Å². The molecule has 146 valence electrons. The fourth-order valence-corrected chi connectivity index (χ4v) is 6.31. The summed E-state index contributed by atoms with van der Waals surface area (Å²) in [6.07, 6.45) is 3.06. The second-order valence-electron chi connectivity index (χ2n) is 8.97. The van der Waals surface area contributed by atoms with E-state index in [0.29, 0.717) is 30.3 Å². The maximum Gasteiger partial charge on any atom is 0.174 e. The molecule has 0 radical (unpaired) electrons. The molecule has 5 rings (SSSR count). The van der Waals surface area contributed by atoms with Gasteiger partial charge in [-0.15, -0.1) is 0 Å². The van der Waals surface area contributed by atoms with Crippen molar-refractivity contribution in [2.75, 3.05) is 20.2 Å². The Hall–Kier alpha value is -1.59. The molecule has 1 saturated heterocycles. The van der Waals surface area contributed by atoms with Gasteiger partial charge in [-0.3, -0.25) is 9.69 Å². The first kappa shape index (κ1) is 17.5. The summed E-state index contributed by atoms with van der Waals surface area (Å²) in [6.45, 7) is 6.40. The molecule has 1 aromatic carbocycles. The van der Waals surface area contributed by atoms with Crippen molar-refractivity contribution in [2.45, 2.75) is 69.1 Å². The highest BCUT2D eigenvalue weighted by molar-refractivity contribution is 5.90. The number of ether oxygens (including phenoxy) is 2. The van der Waals surface area contributed by atoms with E-state index in [1.165, 1.54) is 5.56 Å². The molecule has 27 heavy (non-hydrogen) atoms. The van der Waals surface area contributed by atoms with E-state index in [4.69, 9.17) is 9.47 Å². The topological polar surface area (TPSA) is 59.0 Å². The summed E-state index contributed by atoms with van der Waals surface area (Å²) in [5, 5.41) is 12.1. The van der Waals surface area contributed by atoms with Crippen molar-refractivity contribution in [1.29, 1.82) is 0 Å². The molecule has 1 N–H and O–H groups in total. The molecular weight excluding hydrogens is 342 g/mol. The van der Waals surface area contributed by atoms with Crippen LogP contribution in [0.2, 0.25) is 0 Å². The van der Waals surface area contributed by atoms with Crippen LogP contribution in [0.5, 0.6) is 11.5 Å². The number of nitrogens with zero attached hydrogens (tertiary/aromatic N) is 1. The molecule has 1 unspecified atom stereocenters. The zero-order chi connectivity index (χ0) is 19.0. The summed E-state index contributed by atoms with van der Waals surface area (Å²) in [5.74, 6) is 2.09. The monoisotopic (exact) mass is 371 g/mol. The van der Waals surface area contributed by atoms with Gasteiger partial charge in [0.15, 0.2) is 23.4 Å². The SMILES string of the molecule is CCC(C)CN1CC[C@]23c4c5ccc(OC)c4O[C@H]2C(=O)CC[C@@]3(O)[C@H]1C5. The minimum absolute atomic E-state index is 0.0475. The molecule has 5 nitrogen and oxygen atoms in total. The quantitative estimate of drug-likeness (QED) is 0.881. The Morgan fingerprint density at radius 1 is 1.41 bits per heavy atom. The van der Waals surface area contributed by atoms with Crippen molar-refractivity contribution in [3.8, 4) is 11.5 Å². The van der Waals surface area contributed by atoms with E-state index in [9.17, 15) is 9.90 Å². The minimum atomic E-state index is -0.915. The van der Waals surface area contributed by atoms with Crippen LogP contribution in [0.4, 0.5) is 0 Å². The molecule has 0 amide bonds. The molecule has 4 aliphatic rings. The van der Waals surface area contributed by atoms with Gasteiger partial charge in [-0.2, -0.15) is 0 Å². The lowest BCUT2D eigenvalue weighted by molar-refractivity contribution is -0.189. The number of hydrogen-bond acceptors (Lipinski definition) is 5. The first-order chi connectivity index (χ1) is 13.0. The van der Waals surface area contributed by atoms with E-state index in [2.05, 4.69) is 24.8 Å². The molecule has 5 heteroatoms. The Bertz CT molecular complexity index is 808. The molecule has 2 heterocycles. The first-order valence-corrected chi connectivity index (χ1v) is 10.3. The number of hydrogen-bond donors (Lipinski definition) is 1. The van der Waals surface area contributed by atoms with Crippen molar-refractivity contribution < 1.29 is 19.4 Å². The summed E-state index contributed by atoms with van der Waals surface area (Å²) in [6, 6.07) is 4.11. The summed E-state index contributed by atoms with van der Waals surface area (Å²) in [5.41, 5.74) is 0.742. The van der Waals surface area contributed by atoms with E-state index < -0.39 is 17.1 Å². The van der Waals surface area contributed by atoms with Crippen LogP contribution in [0.1, 0.15) is 50.7 Å². The van der Waals surface area contributed by atoms with Gasteiger partial charge in [-0.1, -0.05) is 26.3 Å². The highest BCUT2D eigenvalue weighted by Crippen LogP contribution is 2.64. The van der Waals surface area contributed by atoms with Crippen LogP contribution in [0.25, 0.3) is 0 Å². The second kappa shape index (κ2) is 5.71. The highest BCUT2D eigenvalue weighted by atomic mass is 16.5. The average molecular weight is 371 g/mol. The van der Waals surface area contributed by atoms with E-state index in [1.807, 2.05) is 6.07 Å². The Labute approximate surface area is 160 Å². The smallest absolute Gasteiger partial charge is 0.174 e. The molecule has 5 atom stereocenters. The number of carbonyl (C=O) groups is 1. The normalized spacial score (nSPS) is 37.6. The fraction of sp³-hybridized carbons (Fsp3) is 0.682. The van der Waals surface area contributed by atoms with Gasteiger partial charge in [0.2, 0.25) is 0 Å². The Kier molecular flexibility index (Phi) is 3.70.